The maximum atomic E-state index is 9.99. The minimum Gasteiger partial charge on any atom is -0.508 e. The Labute approximate surface area is 198 Å². The van der Waals surface area contributed by atoms with Gasteiger partial charge in [-0.15, -0.1) is 0 Å². The molecule has 3 heterocycles. The summed E-state index contributed by atoms with van der Waals surface area (Å²) in [5.41, 5.74) is 1.17. The third-order valence-electron chi connectivity index (χ3n) is 9.35. The molecule has 1 aliphatic carbocycles. The van der Waals surface area contributed by atoms with Crippen LogP contribution in [-0.2, 0) is 20.6 Å². The first kappa shape index (κ1) is 23.0. The number of methoxy groups -OCH3 is 1. The smallest absolute Gasteiger partial charge is 0.219 e. The molecule has 0 aromatic heterocycles. The molecule has 1 aromatic carbocycles. The van der Waals surface area contributed by atoms with Gasteiger partial charge in [-0.05, 0) is 82.7 Å². The molecule has 5 atom stereocenters. The van der Waals surface area contributed by atoms with E-state index in [0.717, 1.165) is 54.7 Å². The first-order valence-electron chi connectivity index (χ1n) is 12.5. The Morgan fingerprint density at radius 1 is 1.06 bits per heavy atom. The van der Waals surface area contributed by atoms with E-state index in [1.165, 1.54) is 6.42 Å². The van der Waals surface area contributed by atoms with Gasteiger partial charge in [0, 0.05) is 30.8 Å². The van der Waals surface area contributed by atoms with Gasteiger partial charge in [-0.3, -0.25) is 0 Å². The second-order valence-electron chi connectivity index (χ2n) is 12.2. The monoisotopic (exact) mass is 456 g/mol. The van der Waals surface area contributed by atoms with Crippen LogP contribution in [-0.4, -0.2) is 35.3 Å². The maximum Gasteiger partial charge on any atom is 0.219 e. The van der Waals surface area contributed by atoms with Gasteiger partial charge >= 0.3 is 0 Å². The van der Waals surface area contributed by atoms with Crippen LogP contribution in [0.5, 0.6) is 11.5 Å². The van der Waals surface area contributed by atoms with Crippen LogP contribution < -0.4 is 4.74 Å². The lowest BCUT2D eigenvalue weighted by atomic mass is 9.60. The van der Waals surface area contributed by atoms with Gasteiger partial charge in [0.25, 0.3) is 0 Å². The number of phenolic OH excluding ortho intramolecular Hbond substituents is 1. The van der Waals surface area contributed by atoms with E-state index < -0.39 is 11.4 Å². The fourth-order valence-corrected chi connectivity index (χ4v) is 7.16. The molecular weight excluding hydrogens is 416 g/mol. The van der Waals surface area contributed by atoms with Crippen LogP contribution in [0.25, 0.3) is 0 Å². The van der Waals surface area contributed by atoms with E-state index >= 15 is 0 Å². The molecule has 4 aliphatic rings. The van der Waals surface area contributed by atoms with Gasteiger partial charge in [0.15, 0.2) is 0 Å². The quantitative estimate of drug-likeness (QED) is 0.587. The van der Waals surface area contributed by atoms with Crippen molar-refractivity contribution in [2.75, 3.05) is 7.11 Å². The van der Waals surface area contributed by atoms with Crippen molar-refractivity contribution in [2.24, 2.45) is 10.8 Å². The van der Waals surface area contributed by atoms with Gasteiger partial charge in [0.2, 0.25) is 5.79 Å². The minimum atomic E-state index is -0.697. The summed E-state index contributed by atoms with van der Waals surface area (Å²) in [5.74, 6) is 1.49. The molecule has 1 spiro atoms. The minimum absolute atomic E-state index is 0.00390. The Bertz CT molecular complexity index is 998. The fraction of sp³-hybridized carbons (Fsp3) is 0.714. The summed E-state index contributed by atoms with van der Waals surface area (Å²) in [6.45, 7) is 13.2. The van der Waals surface area contributed by atoms with Crippen LogP contribution in [0.4, 0.5) is 0 Å². The number of hydrogen-bond donors (Lipinski definition) is 1. The van der Waals surface area contributed by atoms with E-state index in [2.05, 4.69) is 40.7 Å². The largest absolute Gasteiger partial charge is 0.508 e. The first-order valence-corrected chi connectivity index (χ1v) is 12.5. The van der Waals surface area contributed by atoms with E-state index in [4.69, 9.17) is 18.9 Å². The van der Waals surface area contributed by atoms with E-state index in [1.807, 2.05) is 13.0 Å². The molecule has 1 N–H and O–H groups in total. The maximum absolute atomic E-state index is 9.99. The number of hydrogen-bond acceptors (Lipinski definition) is 5. The number of aromatic hydroxyl groups is 1. The van der Waals surface area contributed by atoms with E-state index in [0.29, 0.717) is 12.2 Å². The molecule has 1 aromatic rings. The number of fused-ring (bicyclic) bond motifs is 3. The molecular formula is C28H40O5. The molecule has 1 saturated heterocycles. The number of benzene rings is 1. The highest BCUT2D eigenvalue weighted by Gasteiger charge is 2.70. The van der Waals surface area contributed by atoms with Crippen molar-refractivity contribution in [3.05, 3.63) is 35.1 Å². The summed E-state index contributed by atoms with van der Waals surface area (Å²) in [5, 5.41) is 9.99. The highest BCUT2D eigenvalue weighted by Crippen LogP contribution is 2.67. The van der Waals surface area contributed by atoms with Crippen molar-refractivity contribution in [1.82, 2.24) is 0 Å². The van der Waals surface area contributed by atoms with E-state index in [9.17, 15) is 5.11 Å². The van der Waals surface area contributed by atoms with Crippen LogP contribution in [0, 0.1) is 17.8 Å². The van der Waals surface area contributed by atoms with Gasteiger partial charge in [-0.2, -0.15) is 0 Å². The third-order valence-corrected chi connectivity index (χ3v) is 9.35. The highest BCUT2D eigenvalue weighted by atomic mass is 16.7. The van der Waals surface area contributed by atoms with Crippen LogP contribution >= 0.6 is 0 Å². The number of aryl methyl sites for hydroxylation is 2. The fourth-order valence-electron chi connectivity index (χ4n) is 7.16. The van der Waals surface area contributed by atoms with Crippen molar-refractivity contribution in [2.45, 2.75) is 110 Å². The van der Waals surface area contributed by atoms with Gasteiger partial charge in [0.1, 0.15) is 22.9 Å². The Hall–Kier alpha value is -1.72. The Morgan fingerprint density at radius 3 is 2.52 bits per heavy atom. The predicted molar refractivity (Wildman–Crippen MR) is 127 cm³/mol. The Morgan fingerprint density at radius 2 is 1.82 bits per heavy atom. The molecule has 33 heavy (non-hydrogen) atoms. The molecule has 0 unspecified atom stereocenters. The van der Waals surface area contributed by atoms with Crippen LogP contribution in [0.1, 0.15) is 84.3 Å². The lowest BCUT2D eigenvalue weighted by molar-refractivity contribution is -0.311. The van der Waals surface area contributed by atoms with Crippen molar-refractivity contribution in [1.29, 1.82) is 0 Å². The van der Waals surface area contributed by atoms with Gasteiger partial charge in [0.05, 0.1) is 11.7 Å². The number of phenols is 1. The van der Waals surface area contributed by atoms with Crippen molar-refractivity contribution in [3.8, 4) is 11.5 Å². The zero-order valence-corrected chi connectivity index (χ0v) is 21.3. The summed E-state index contributed by atoms with van der Waals surface area (Å²) >= 11 is 0. The molecule has 5 rings (SSSR count). The van der Waals surface area contributed by atoms with Crippen LogP contribution in [0.2, 0.25) is 0 Å². The Balaban J connectivity index is 1.48. The summed E-state index contributed by atoms with van der Waals surface area (Å²) in [7, 11) is 1.78. The number of allylic oxidation sites excluding steroid dienone is 1. The van der Waals surface area contributed by atoms with Crippen molar-refractivity contribution < 1.29 is 24.1 Å². The standard InChI is InChI=1S/C28H40O5/c1-18-13-20(29)14-19-9-12-26(5,32-23(18)19)16-21-15-25(4)10-8-11-27(25,6)28(31-21)17-22(30-7)24(2,3)33-28/h13-15,22,29H,8-12,16-17H2,1-7H3/t22-,25-,26+,27-,28-/m1/s1. The summed E-state index contributed by atoms with van der Waals surface area (Å²) < 4.78 is 26.3. The number of ether oxygens (including phenoxy) is 4. The van der Waals surface area contributed by atoms with Gasteiger partial charge in [-0.25, -0.2) is 0 Å². The van der Waals surface area contributed by atoms with Gasteiger partial charge in [-0.1, -0.05) is 20.3 Å². The average Bonchev–Trinajstić information content (AvgIpc) is 3.16. The normalized spacial score (nSPS) is 41.2. The topological polar surface area (TPSA) is 57.2 Å². The molecule has 5 heteroatoms. The molecule has 0 amide bonds. The molecule has 0 bridgehead atoms. The summed E-state index contributed by atoms with van der Waals surface area (Å²) in [4.78, 5) is 0. The zero-order chi connectivity index (χ0) is 23.9. The lowest BCUT2D eigenvalue weighted by Gasteiger charge is -2.55. The molecule has 2 fully saturated rings. The van der Waals surface area contributed by atoms with Crippen molar-refractivity contribution in [3.63, 3.8) is 0 Å². The first-order chi connectivity index (χ1) is 15.3. The summed E-state index contributed by atoms with van der Waals surface area (Å²) in [6, 6.07) is 3.61. The van der Waals surface area contributed by atoms with Crippen LogP contribution in [0.15, 0.2) is 24.0 Å². The SMILES string of the molecule is CO[C@@H]1C[C@@]2(OC(C[C@]3(C)CCc4cc(O)cc(C)c4O3)=C[C@@]3(C)CCC[C@@]23C)OC1(C)C. The molecule has 0 radical (unpaired) electrons. The summed E-state index contributed by atoms with van der Waals surface area (Å²) in [6.07, 6.45) is 8.95. The lowest BCUT2D eigenvalue weighted by Crippen LogP contribution is -2.57. The Kier molecular flexibility index (Phi) is 4.99. The van der Waals surface area contributed by atoms with Crippen LogP contribution in [0.3, 0.4) is 0 Å². The van der Waals surface area contributed by atoms with Gasteiger partial charge < -0.3 is 24.1 Å². The molecule has 5 nitrogen and oxygen atoms in total. The average molecular weight is 457 g/mol. The van der Waals surface area contributed by atoms with E-state index in [1.54, 1.807) is 13.2 Å². The highest BCUT2D eigenvalue weighted by molar-refractivity contribution is 5.48. The second kappa shape index (κ2) is 7.14. The molecule has 1 saturated carbocycles. The number of rotatable bonds is 3. The zero-order valence-electron chi connectivity index (χ0n) is 21.3. The predicted octanol–water partition coefficient (Wildman–Crippen LogP) is 6.20. The molecule has 182 valence electrons. The van der Waals surface area contributed by atoms with Crippen molar-refractivity contribution >= 4 is 0 Å². The van der Waals surface area contributed by atoms with E-state index in [-0.39, 0.29) is 22.5 Å². The molecule has 3 aliphatic heterocycles. The third kappa shape index (κ3) is 3.33. The second-order valence-corrected chi connectivity index (χ2v) is 12.2.